The van der Waals surface area contributed by atoms with Crippen molar-refractivity contribution in [3.63, 3.8) is 0 Å². The van der Waals surface area contributed by atoms with Crippen molar-refractivity contribution in [1.29, 1.82) is 0 Å². The minimum absolute atomic E-state index is 0.433. The Morgan fingerprint density at radius 1 is 1.59 bits per heavy atom. The molecule has 1 aliphatic heterocycles. The summed E-state index contributed by atoms with van der Waals surface area (Å²) in [7, 11) is 0. The lowest BCUT2D eigenvalue weighted by molar-refractivity contribution is 0.100. The highest BCUT2D eigenvalue weighted by molar-refractivity contribution is 7.99. The highest BCUT2D eigenvalue weighted by atomic mass is 32.2. The van der Waals surface area contributed by atoms with Gasteiger partial charge in [0.1, 0.15) is 5.82 Å². The predicted molar refractivity (Wildman–Crippen MR) is 71.3 cm³/mol. The van der Waals surface area contributed by atoms with Crippen molar-refractivity contribution >= 4 is 23.5 Å². The first-order valence-electron chi connectivity index (χ1n) is 5.87. The van der Waals surface area contributed by atoms with Crippen LogP contribution in [0.4, 0.5) is 5.82 Å². The SMILES string of the molecule is NC(=O)c1cccnc1NCC1CCCCS1. The third kappa shape index (κ3) is 3.36. The summed E-state index contributed by atoms with van der Waals surface area (Å²) in [5.74, 6) is 1.40. The summed E-state index contributed by atoms with van der Waals surface area (Å²) in [4.78, 5) is 15.4. The number of nitrogens with zero attached hydrogens (tertiary/aromatic N) is 1. The molecule has 1 aliphatic rings. The summed E-state index contributed by atoms with van der Waals surface area (Å²) in [5, 5.41) is 3.85. The van der Waals surface area contributed by atoms with Crippen LogP contribution in [-0.2, 0) is 0 Å². The number of primary amides is 1. The van der Waals surface area contributed by atoms with Gasteiger partial charge in [-0.25, -0.2) is 4.98 Å². The van der Waals surface area contributed by atoms with Crippen LogP contribution in [0.2, 0.25) is 0 Å². The molecule has 2 rings (SSSR count). The average Bonchev–Trinajstić information content (AvgIpc) is 2.38. The normalized spacial score (nSPS) is 19.9. The summed E-state index contributed by atoms with van der Waals surface area (Å²) in [5.41, 5.74) is 5.77. The molecule has 1 unspecified atom stereocenters. The molecule has 1 fully saturated rings. The topological polar surface area (TPSA) is 68.0 Å². The zero-order valence-electron chi connectivity index (χ0n) is 9.69. The van der Waals surface area contributed by atoms with Crippen LogP contribution in [0.25, 0.3) is 0 Å². The minimum atomic E-state index is -0.433. The Hall–Kier alpha value is -1.23. The van der Waals surface area contributed by atoms with Gasteiger partial charge in [-0.3, -0.25) is 4.79 Å². The van der Waals surface area contributed by atoms with Crippen LogP contribution < -0.4 is 11.1 Å². The van der Waals surface area contributed by atoms with Crippen LogP contribution in [0.15, 0.2) is 18.3 Å². The fourth-order valence-corrected chi connectivity index (χ4v) is 3.16. The molecule has 1 saturated heterocycles. The number of nitrogens with one attached hydrogen (secondary N) is 1. The lowest BCUT2D eigenvalue weighted by atomic mass is 10.2. The Kier molecular flexibility index (Phi) is 4.25. The van der Waals surface area contributed by atoms with Gasteiger partial charge in [0.2, 0.25) is 0 Å². The van der Waals surface area contributed by atoms with Crippen LogP contribution in [0.1, 0.15) is 29.6 Å². The van der Waals surface area contributed by atoms with Crippen molar-refractivity contribution in [2.24, 2.45) is 5.73 Å². The van der Waals surface area contributed by atoms with E-state index in [1.54, 1.807) is 18.3 Å². The number of pyridine rings is 1. The third-order valence-electron chi connectivity index (χ3n) is 2.84. The first kappa shape index (κ1) is 12.2. The van der Waals surface area contributed by atoms with E-state index in [1.807, 2.05) is 11.8 Å². The van der Waals surface area contributed by atoms with Crippen LogP contribution >= 0.6 is 11.8 Å². The molecule has 3 N–H and O–H groups in total. The molecule has 4 nitrogen and oxygen atoms in total. The van der Waals surface area contributed by atoms with E-state index >= 15 is 0 Å². The second kappa shape index (κ2) is 5.91. The molecular formula is C12H17N3OS. The summed E-state index contributed by atoms with van der Waals surface area (Å²) in [6, 6.07) is 3.42. The number of anilines is 1. The number of carbonyl (C=O) groups is 1. The van der Waals surface area contributed by atoms with Crippen molar-refractivity contribution in [1.82, 2.24) is 4.98 Å². The summed E-state index contributed by atoms with van der Waals surface area (Å²) in [6.45, 7) is 0.849. The molecule has 0 aliphatic carbocycles. The summed E-state index contributed by atoms with van der Waals surface area (Å²) in [6.07, 6.45) is 5.51. The number of amides is 1. The molecule has 5 heteroatoms. The largest absolute Gasteiger partial charge is 0.368 e. The zero-order chi connectivity index (χ0) is 12.1. The number of hydrogen-bond acceptors (Lipinski definition) is 4. The molecule has 1 atom stereocenters. The number of thioether (sulfide) groups is 1. The smallest absolute Gasteiger partial charge is 0.252 e. The van der Waals surface area contributed by atoms with Crippen molar-refractivity contribution in [2.75, 3.05) is 17.6 Å². The fourth-order valence-electron chi connectivity index (χ4n) is 1.92. The quantitative estimate of drug-likeness (QED) is 0.857. The molecule has 1 amide bonds. The third-order valence-corrected chi connectivity index (χ3v) is 4.24. The highest BCUT2D eigenvalue weighted by Crippen LogP contribution is 2.25. The minimum Gasteiger partial charge on any atom is -0.368 e. The van der Waals surface area contributed by atoms with Gasteiger partial charge in [0.25, 0.3) is 5.91 Å². The zero-order valence-corrected chi connectivity index (χ0v) is 10.5. The van der Waals surface area contributed by atoms with E-state index in [0.717, 1.165) is 6.54 Å². The van der Waals surface area contributed by atoms with Crippen molar-refractivity contribution in [3.05, 3.63) is 23.9 Å². The van der Waals surface area contributed by atoms with Crippen LogP contribution in [0.5, 0.6) is 0 Å². The van der Waals surface area contributed by atoms with E-state index < -0.39 is 5.91 Å². The van der Waals surface area contributed by atoms with Crippen molar-refractivity contribution in [2.45, 2.75) is 24.5 Å². The van der Waals surface area contributed by atoms with E-state index in [0.29, 0.717) is 16.6 Å². The number of nitrogens with two attached hydrogens (primary N) is 1. The molecule has 92 valence electrons. The standard InChI is InChI=1S/C12H17N3OS/c13-11(16)10-5-3-6-14-12(10)15-8-9-4-1-2-7-17-9/h3,5-6,9H,1-2,4,7-8H2,(H2,13,16)(H,14,15). The van der Waals surface area contributed by atoms with Crippen LogP contribution in [0.3, 0.4) is 0 Å². The molecule has 0 bridgehead atoms. The molecule has 17 heavy (non-hydrogen) atoms. The Balaban J connectivity index is 1.96. The summed E-state index contributed by atoms with van der Waals surface area (Å²) >= 11 is 1.99. The fraction of sp³-hybridized carbons (Fsp3) is 0.500. The second-order valence-electron chi connectivity index (χ2n) is 4.13. The van der Waals surface area contributed by atoms with Gasteiger partial charge in [0, 0.05) is 18.0 Å². The molecule has 1 aromatic heterocycles. The first-order valence-corrected chi connectivity index (χ1v) is 6.92. The van der Waals surface area contributed by atoms with E-state index in [2.05, 4.69) is 10.3 Å². The van der Waals surface area contributed by atoms with E-state index in [9.17, 15) is 4.79 Å². The first-order chi connectivity index (χ1) is 8.27. The van der Waals surface area contributed by atoms with Gasteiger partial charge >= 0.3 is 0 Å². The average molecular weight is 251 g/mol. The molecule has 1 aromatic rings. The Morgan fingerprint density at radius 3 is 3.18 bits per heavy atom. The summed E-state index contributed by atoms with van der Waals surface area (Å²) < 4.78 is 0. The lowest BCUT2D eigenvalue weighted by Gasteiger charge is -2.22. The predicted octanol–water partition coefficient (Wildman–Crippen LogP) is 1.88. The number of hydrogen-bond donors (Lipinski definition) is 2. The maximum atomic E-state index is 11.2. The van der Waals surface area contributed by atoms with Gasteiger partial charge in [0.05, 0.1) is 5.56 Å². The van der Waals surface area contributed by atoms with Gasteiger partial charge in [-0.2, -0.15) is 11.8 Å². The highest BCUT2D eigenvalue weighted by Gasteiger charge is 2.15. The van der Waals surface area contributed by atoms with Crippen LogP contribution in [-0.4, -0.2) is 28.4 Å². The van der Waals surface area contributed by atoms with E-state index in [-0.39, 0.29) is 0 Å². The maximum absolute atomic E-state index is 11.2. The Labute approximate surface area is 105 Å². The number of rotatable bonds is 4. The molecule has 2 heterocycles. The monoisotopic (exact) mass is 251 g/mol. The lowest BCUT2D eigenvalue weighted by Crippen LogP contribution is -2.22. The Morgan fingerprint density at radius 2 is 2.47 bits per heavy atom. The second-order valence-corrected chi connectivity index (χ2v) is 5.54. The molecule has 0 radical (unpaired) electrons. The molecule has 0 aromatic carbocycles. The number of carbonyl (C=O) groups excluding carboxylic acids is 1. The van der Waals surface area contributed by atoms with Crippen molar-refractivity contribution < 1.29 is 4.79 Å². The Bertz CT molecular complexity index is 391. The van der Waals surface area contributed by atoms with Crippen LogP contribution in [0, 0.1) is 0 Å². The van der Waals surface area contributed by atoms with E-state index in [4.69, 9.17) is 5.73 Å². The van der Waals surface area contributed by atoms with Gasteiger partial charge < -0.3 is 11.1 Å². The van der Waals surface area contributed by atoms with Gasteiger partial charge in [-0.1, -0.05) is 6.42 Å². The van der Waals surface area contributed by atoms with E-state index in [1.165, 1.54) is 25.0 Å². The van der Waals surface area contributed by atoms with Crippen molar-refractivity contribution in [3.8, 4) is 0 Å². The molecule has 0 saturated carbocycles. The number of aromatic nitrogens is 1. The van der Waals surface area contributed by atoms with Gasteiger partial charge in [0.15, 0.2) is 0 Å². The molecule has 0 spiro atoms. The van der Waals surface area contributed by atoms with Gasteiger partial charge in [-0.05, 0) is 30.7 Å². The maximum Gasteiger partial charge on any atom is 0.252 e. The molecular weight excluding hydrogens is 234 g/mol. The van der Waals surface area contributed by atoms with Gasteiger partial charge in [-0.15, -0.1) is 0 Å².